The second-order valence-electron chi connectivity index (χ2n) is 13.8. The fourth-order valence-corrected chi connectivity index (χ4v) is 10.4. The van der Waals surface area contributed by atoms with Gasteiger partial charge in [0.15, 0.2) is 0 Å². The van der Waals surface area contributed by atoms with Gasteiger partial charge in [-0.1, -0.05) is 33.1 Å². The first-order valence-corrected chi connectivity index (χ1v) is 15.2. The monoisotopic (exact) mass is 531 g/mol. The van der Waals surface area contributed by atoms with Crippen LogP contribution < -0.4 is 5.32 Å². The molecule has 5 rings (SSSR count). The number of hydrogen-bond donors (Lipinski definition) is 1. The number of fused-ring (bicyclic) bond motifs is 5. The number of carbonyl (C=O) groups excluding carboxylic acids is 3. The number of ether oxygens (including phenoxy) is 3. The smallest absolute Gasteiger partial charge is 0.309 e. The Kier molecular flexibility index (Phi) is 7.89. The van der Waals surface area contributed by atoms with Crippen molar-refractivity contribution >= 4 is 17.9 Å². The number of esters is 3. The highest BCUT2D eigenvalue weighted by Crippen LogP contribution is 2.68. The number of methoxy groups -OCH3 is 1. The van der Waals surface area contributed by atoms with Crippen LogP contribution in [0.3, 0.4) is 0 Å². The van der Waals surface area contributed by atoms with E-state index in [4.69, 9.17) is 14.2 Å². The third-order valence-corrected chi connectivity index (χ3v) is 11.8. The molecule has 0 amide bonds. The molecule has 5 aliphatic rings. The molecule has 0 aromatic heterocycles. The van der Waals surface area contributed by atoms with Crippen LogP contribution in [0.5, 0.6) is 0 Å². The molecule has 7 nitrogen and oxygen atoms in total. The van der Waals surface area contributed by atoms with Crippen molar-refractivity contribution in [2.45, 2.75) is 129 Å². The molecule has 0 radical (unpaired) electrons. The van der Waals surface area contributed by atoms with Gasteiger partial charge in [0.1, 0.15) is 12.2 Å². The first kappa shape index (κ1) is 27.9. The van der Waals surface area contributed by atoms with Gasteiger partial charge in [0.25, 0.3) is 0 Å². The SMILES string of the molecule is COC(=O)C1CC[C@H]2[C@@H]3CCC4CC(OC(C)=O)C(OC(C)=O)C[C@]4(C)[C@@H]3C(NC3CCCCC3)C[C@]12C. The number of carbonyl (C=O) groups is 3. The van der Waals surface area contributed by atoms with Gasteiger partial charge in [0, 0.05) is 25.9 Å². The van der Waals surface area contributed by atoms with Crippen molar-refractivity contribution in [2.75, 3.05) is 7.11 Å². The maximum absolute atomic E-state index is 13.0. The fraction of sp³-hybridized carbons (Fsp3) is 0.903. The summed E-state index contributed by atoms with van der Waals surface area (Å²) >= 11 is 0. The molecule has 5 aliphatic carbocycles. The second kappa shape index (κ2) is 10.7. The summed E-state index contributed by atoms with van der Waals surface area (Å²) in [6, 6.07) is 0.837. The normalized spacial score (nSPS) is 44.8. The molecule has 38 heavy (non-hydrogen) atoms. The maximum Gasteiger partial charge on any atom is 0.309 e. The Hall–Kier alpha value is -1.63. The zero-order valence-electron chi connectivity index (χ0n) is 24.1. The lowest BCUT2D eigenvalue weighted by Crippen LogP contribution is -2.65. The van der Waals surface area contributed by atoms with Crippen LogP contribution in [0.1, 0.15) is 105 Å². The third kappa shape index (κ3) is 4.90. The standard InChI is InChI=1S/C31H49NO6/c1-18(33)37-26-15-20-11-12-22-23-13-14-24(29(35)36-5)31(23,4)16-25(32-21-9-7-6-8-10-21)28(22)30(20,3)17-27(26)38-19(2)34/h20-28,32H,6-17H2,1-5H3/t20?,22-,23-,24?,25?,26?,27?,28-,30-,31-/m0/s1. The first-order valence-electron chi connectivity index (χ1n) is 15.2. The lowest BCUT2D eigenvalue weighted by Gasteiger charge is -2.64. The molecule has 0 heterocycles. The van der Waals surface area contributed by atoms with Gasteiger partial charge in [-0.3, -0.25) is 14.4 Å². The van der Waals surface area contributed by atoms with E-state index in [0.717, 1.165) is 44.9 Å². The third-order valence-electron chi connectivity index (χ3n) is 11.8. The predicted molar refractivity (Wildman–Crippen MR) is 143 cm³/mol. The molecule has 5 unspecified atom stereocenters. The Bertz CT molecular complexity index is 916. The lowest BCUT2D eigenvalue weighted by atomic mass is 9.43. The van der Waals surface area contributed by atoms with Gasteiger partial charge in [0.05, 0.1) is 13.0 Å². The van der Waals surface area contributed by atoms with E-state index >= 15 is 0 Å². The molecule has 0 aliphatic heterocycles. The van der Waals surface area contributed by atoms with Crippen molar-refractivity contribution < 1.29 is 28.6 Å². The zero-order valence-corrected chi connectivity index (χ0v) is 24.1. The predicted octanol–water partition coefficient (Wildman–Crippen LogP) is 5.19. The highest BCUT2D eigenvalue weighted by molar-refractivity contribution is 5.74. The molecule has 1 N–H and O–H groups in total. The molecular weight excluding hydrogens is 482 g/mol. The van der Waals surface area contributed by atoms with Crippen molar-refractivity contribution in [3.63, 3.8) is 0 Å². The Morgan fingerprint density at radius 3 is 2.13 bits per heavy atom. The summed E-state index contributed by atoms with van der Waals surface area (Å²) in [7, 11) is 1.53. The van der Waals surface area contributed by atoms with Crippen molar-refractivity contribution in [1.82, 2.24) is 5.32 Å². The van der Waals surface area contributed by atoms with Crippen molar-refractivity contribution in [2.24, 2.45) is 40.4 Å². The fourth-order valence-electron chi connectivity index (χ4n) is 10.4. The van der Waals surface area contributed by atoms with E-state index in [2.05, 4.69) is 19.2 Å². The highest BCUT2D eigenvalue weighted by Gasteiger charge is 2.65. The molecule has 214 valence electrons. The summed E-state index contributed by atoms with van der Waals surface area (Å²) in [5.74, 6) is 1.17. The maximum atomic E-state index is 13.0. The highest BCUT2D eigenvalue weighted by atomic mass is 16.6. The van der Waals surface area contributed by atoms with Crippen LogP contribution in [-0.2, 0) is 28.6 Å². The van der Waals surface area contributed by atoms with Crippen molar-refractivity contribution in [3.8, 4) is 0 Å². The van der Waals surface area contributed by atoms with Crippen molar-refractivity contribution in [1.29, 1.82) is 0 Å². The average molecular weight is 532 g/mol. The summed E-state index contributed by atoms with van der Waals surface area (Å²) in [6.07, 6.45) is 12.2. The minimum Gasteiger partial charge on any atom is -0.469 e. The van der Waals surface area contributed by atoms with Gasteiger partial charge in [-0.15, -0.1) is 0 Å². The average Bonchev–Trinajstić information content (AvgIpc) is 3.20. The summed E-state index contributed by atoms with van der Waals surface area (Å²) in [5, 5.41) is 4.18. The lowest BCUT2D eigenvalue weighted by molar-refractivity contribution is -0.199. The van der Waals surface area contributed by atoms with Gasteiger partial charge >= 0.3 is 17.9 Å². The van der Waals surface area contributed by atoms with E-state index in [1.54, 1.807) is 0 Å². The van der Waals surface area contributed by atoms with E-state index in [9.17, 15) is 14.4 Å². The Morgan fingerprint density at radius 2 is 1.47 bits per heavy atom. The molecule has 0 aromatic carbocycles. The van der Waals surface area contributed by atoms with E-state index in [1.165, 1.54) is 53.1 Å². The molecule has 10 atom stereocenters. The Balaban J connectivity index is 1.50. The van der Waals surface area contributed by atoms with E-state index in [-0.39, 0.29) is 40.8 Å². The Labute approximate surface area is 228 Å². The zero-order chi connectivity index (χ0) is 27.2. The van der Waals surface area contributed by atoms with Crippen LogP contribution in [0.4, 0.5) is 0 Å². The van der Waals surface area contributed by atoms with Gasteiger partial charge in [-0.25, -0.2) is 0 Å². The summed E-state index contributed by atoms with van der Waals surface area (Å²) < 4.78 is 16.9. The number of rotatable bonds is 5. The van der Waals surface area contributed by atoms with Crippen LogP contribution in [0.2, 0.25) is 0 Å². The number of hydrogen-bond acceptors (Lipinski definition) is 7. The molecule has 5 saturated carbocycles. The molecule has 5 fully saturated rings. The molecule has 0 bridgehead atoms. The quantitative estimate of drug-likeness (QED) is 0.385. The van der Waals surface area contributed by atoms with Crippen LogP contribution in [0.25, 0.3) is 0 Å². The molecule has 0 aromatic rings. The minimum atomic E-state index is -0.411. The van der Waals surface area contributed by atoms with Gasteiger partial charge in [-0.05, 0) is 92.3 Å². The molecule has 0 saturated heterocycles. The van der Waals surface area contributed by atoms with Gasteiger partial charge in [0.2, 0.25) is 0 Å². The molecule has 7 heteroatoms. The summed E-state index contributed by atoms with van der Waals surface area (Å²) in [6.45, 7) is 7.69. The van der Waals surface area contributed by atoms with Gasteiger partial charge < -0.3 is 19.5 Å². The van der Waals surface area contributed by atoms with E-state index < -0.39 is 6.10 Å². The van der Waals surface area contributed by atoms with Crippen molar-refractivity contribution in [3.05, 3.63) is 0 Å². The Morgan fingerprint density at radius 1 is 0.789 bits per heavy atom. The minimum absolute atomic E-state index is 0.0311. The number of nitrogens with one attached hydrogen (secondary N) is 1. The topological polar surface area (TPSA) is 90.9 Å². The van der Waals surface area contributed by atoms with E-state index in [0.29, 0.717) is 35.8 Å². The molecule has 0 spiro atoms. The van der Waals surface area contributed by atoms with Crippen LogP contribution >= 0.6 is 0 Å². The van der Waals surface area contributed by atoms with E-state index in [1.807, 2.05) is 0 Å². The molecular formula is C31H49NO6. The van der Waals surface area contributed by atoms with Crippen LogP contribution in [0.15, 0.2) is 0 Å². The summed E-state index contributed by atoms with van der Waals surface area (Å²) in [4.78, 5) is 37.0. The van der Waals surface area contributed by atoms with Crippen LogP contribution in [-0.4, -0.2) is 49.3 Å². The second-order valence-corrected chi connectivity index (χ2v) is 13.8. The van der Waals surface area contributed by atoms with Gasteiger partial charge in [-0.2, -0.15) is 0 Å². The largest absolute Gasteiger partial charge is 0.469 e. The summed E-state index contributed by atoms with van der Waals surface area (Å²) in [5.41, 5.74) is -0.0925. The first-order chi connectivity index (χ1) is 18.1. The van der Waals surface area contributed by atoms with Crippen LogP contribution in [0, 0.1) is 40.4 Å².